The predicted molar refractivity (Wildman–Crippen MR) is 78.4 cm³/mol. The van der Waals surface area contributed by atoms with Gasteiger partial charge in [0, 0.05) is 12.1 Å². The number of nitrogens with one attached hydrogen (secondary N) is 1. The number of nitrogens with zero attached hydrogens (tertiary/aromatic N) is 1. The molecule has 1 aromatic rings. The number of carbonyl (C=O) groups is 1. The highest BCUT2D eigenvalue weighted by Gasteiger charge is 2.50. The number of amides is 1. The van der Waals surface area contributed by atoms with Gasteiger partial charge in [0.25, 0.3) is 0 Å². The van der Waals surface area contributed by atoms with Crippen LogP contribution in [0.4, 0.5) is 5.69 Å². The van der Waals surface area contributed by atoms with E-state index in [2.05, 4.69) is 10.3 Å². The lowest BCUT2D eigenvalue weighted by atomic mass is 9.51. The number of rotatable bonds is 2. The number of pyridine rings is 1. The van der Waals surface area contributed by atoms with Gasteiger partial charge in [-0.1, -0.05) is 11.6 Å². The van der Waals surface area contributed by atoms with Crippen molar-refractivity contribution in [2.75, 3.05) is 5.32 Å². The molecule has 4 fully saturated rings. The van der Waals surface area contributed by atoms with Gasteiger partial charge in [0.1, 0.15) is 0 Å². The molecule has 1 heterocycles. The lowest BCUT2D eigenvalue weighted by molar-refractivity contribution is -0.132. The highest BCUT2D eigenvalue weighted by atomic mass is 35.5. The Bertz CT molecular complexity index is 517. The Labute approximate surface area is 124 Å². The molecule has 4 saturated carbocycles. The zero-order valence-corrected chi connectivity index (χ0v) is 12.1. The molecule has 1 amide bonds. The molecular formula is C16H19ClN2O. The molecule has 0 radical (unpaired) electrons. The normalized spacial score (nSPS) is 38.0. The van der Waals surface area contributed by atoms with Crippen molar-refractivity contribution in [1.82, 2.24) is 4.98 Å². The van der Waals surface area contributed by atoms with Crippen molar-refractivity contribution < 1.29 is 4.79 Å². The largest absolute Gasteiger partial charge is 0.323 e. The van der Waals surface area contributed by atoms with Crippen molar-refractivity contribution in [1.29, 1.82) is 0 Å². The first-order valence-corrected chi connectivity index (χ1v) is 7.99. The summed E-state index contributed by atoms with van der Waals surface area (Å²) in [6, 6.07) is 1.72. The number of halogens is 1. The van der Waals surface area contributed by atoms with Gasteiger partial charge >= 0.3 is 0 Å². The first-order chi connectivity index (χ1) is 9.70. The maximum atomic E-state index is 12.7. The van der Waals surface area contributed by atoms with E-state index in [-0.39, 0.29) is 11.8 Å². The molecule has 1 N–H and O–H groups in total. The van der Waals surface area contributed by atoms with Crippen LogP contribution in [0.3, 0.4) is 0 Å². The van der Waals surface area contributed by atoms with Gasteiger partial charge in [-0.25, -0.2) is 0 Å². The van der Waals surface area contributed by atoms with E-state index in [4.69, 9.17) is 11.6 Å². The minimum Gasteiger partial charge on any atom is -0.323 e. The van der Waals surface area contributed by atoms with Crippen LogP contribution in [0, 0.1) is 29.6 Å². The summed E-state index contributed by atoms with van der Waals surface area (Å²) in [5.74, 6) is 3.34. The molecule has 0 saturated heterocycles. The molecule has 3 nitrogen and oxygen atoms in total. The van der Waals surface area contributed by atoms with Gasteiger partial charge in [-0.15, -0.1) is 0 Å². The Kier molecular flexibility index (Phi) is 2.99. The molecular weight excluding hydrogens is 272 g/mol. The van der Waals surface area contributed by atoms with Crippen LogP contribution in [0.15, 0.2) is 18.5 Å². The van der Waals surface area contributed by atoms with Crippen LogP contribution >= 0.6 is 11.6 Å². The van der Waals surface area contributed by atoms with Crippen LogP contribution in [-0.4, -0.2) is 10.9 Å². The highest BCUT2D eigenvalue weighted by Crippen LogP contribution is 2.56. The SMILES string of the molecule is O=C(Nc1cnccc1Cl)C1C2CC3CC(C2)CC1C3. The minimum absolute atomic E-state index is 0.161. The summed E-state index contributed by atoms with van der Waals surface area (Å²) in [6.07, 6.45) is 9.71. The fraction of sp³-hybridized carbons (Fsp3) is 0.625. The Balaban J connectivity index is 1.53. The molecule has 20 heavy (non-hydrogen) atoms. The molecule has 4 bridgehead atoms. The number of hydrogen-bond acceptors (Lipinski definition) is 2. The van der Waals surface area contributed by atoms with Crippen molar-refractivity contribution in [2.24, 2.45) is 29.6 Å². The summed E-state index contributed by atoms with van der Waals surface area (Å²) < 4.78 is 0. The summed E-state index contributed by atoms with van der Waals surface area (Å²) in [6.45, 7) is 0. The van der Waals surface area contributed by atoms with Crippen LogP contribution in [0.25, 0.3) is 0 Å². The van der Waals surface area contributed by atoms with Crippen LogP contribution in [0.1, 0.15) is 32.1 Å². The van der Waals surface area contributed by atoms with E-state index < -0.39 is 0 Å². The van der Waals surface area contributed by atoms with Gasteiger partial charge in [-0.3, -0.25) is 9.78 Å². The first-order valence-electron chi connectivity index (χ1n) is 7.61. The maximum Gasteiger partial charge on any atom is 0.228 e. The first kappa shape index (κ1) is 12.6. The molecule has 1 aromatic heterocycles. The Morgan fingerprint density at radius 3 is 2.40 bits per heavy atom. The number of hydrogen-bond donors (Lipinski definition) is 1. The lowest BCUT2D eigenvalue weighted by Gasteiger charge is -2.53. The van der Waals surface area contributed by atoms with E-state index >= 15 is 0 Å². The Hall–Kier alpha value is -1.09. The molecule has 5 rings (SSSR count). The van der Waals surface area contributed by atoms with Crippen LogP contribution in [0.2, 0.25) is 5.02 Å². The third-order valence-corrected chi connectivity index (χ3v) is 5.88. The number of anilines is 1. The van der Waals surface area contributed by atoms with Gasteiger partial charge in [0.2, 0.25) is 5.91 Å². The third-order valence-electron chi connectivity index (χ3n) is 5.56. The summed E-state index contributed by atoms with van der Waals surface area (Å²) in [7, 11) is 0. The van der Waals surface area contributed by atoms with Crippen LogP contribution < -0.4 is 5.32 Å². The second kappa shape index (κ2) is 4.73. The summed E-state index contributed by atoms with van der Waals surface area (Å²) in [5.41, 5.74) is 0.646. The van der Waals surface area contributed by atoms with Gasteiger partial charge in [-0.05, 0) is 61.8 Å². The van der Waals surface area contributed by atoms with Crippen molar-refractivity contribution in [3.05, 3.63) is 23.5 Å². The van der Waals surface area contributed by atoms with Gasteiger partial charge in [-0.2, -0.15) is 0 Å². The molecule has 4 heteroatoms. The van der Waals surface area contributed by atoms with Crippen molar-refractivity contribution in [3.8, 4) is 0 Å². The molecule has 0 aromatic carbocycles. The fourth-order valence-corrected chi connectivity index (χ4v) is 5.19. The van der Waals surface area contributed by atoms with Crippen molar-refractivity contribution in [3.63, 3.8) is 0 Å². The second-order valence-corrected chi connectivity index (χ2v) is 7.21. The van der Waals surface area contributed by atoms with Crippen LogP contribution in [-0.2, 0) is 4.79 Å². The van der Waals surface area contributed by atoms with E-state index in [9.17, 15) is 4.79 Å². The molecule has 0 spiro atoms. The van der Waals surface area contributed by atoms with E-state index in [0.29, 0.717) is 22.5 Å². The lowest BCUT2D eigenvalue weighted by Crippen LogP contribution is -2.49. The van der Waals surface area contributed by atoms with E-state index in [1.165, 1.54) is 32.1 Å². The fourth-order valence-electron chi connectivity index (χ4n) is 5.04. The average Bonchev–Trinajstić information content (AvgIpc) is 2.40. The van der Waals surface area contributed by atoms with Crippen LogP contribution in [0.5, 0.6) is 0 Å². The van der Waals surface area contributed by atoms with Gasteiger partial charge < -0.3 is 5.32 Å². The molecule has 4 aliphatic rings. The van der Waals surface area contributed by atoms with Gasteiger partial charge in [0.15, 0.2) is 0 Å². The number of aromatic nitrogens is 1. The topological polar surface area (TPSA) is 42.0 Å². The van der Waals surface area contributed by atoms with Gasteiger partial charge in [0.05, 0.1) is 16.9 Å². The number of carbonyl (C=O) groups excluding carboxylic acids is 1. The Morgan fingerprint density at radius 1 is 1.15 bits per heavy atom. The van der Waals surface area contributed by atoms with Crippen molar-refractivity contribution in [2.45, 2.75) is 32.1 Å². The average molecular weight is 291 g/mol. The summed E-state index contributed by atoms with van der Waals surface area (Å²) >= 11 is 6.10. The monoisotopic (exact) mass is 290 g/mol. The minimum atomic E-state index is 0.161. The Morgan fingerprint density at radius 2 is 1.80 bits per heavy atom. The zero-order chi connectivity index (χ0) is 13.7. The standard InChI is InChI=1S/C16H19ClN2O/c17-13-1-2-18-8-14(13)19-16(20)15-11-4-9-3-10(6-11)7-12(15)5-9/h1-2,8-12,15H,3-7H2,(H,19,20). The quantitative estimate of drug-likeness (QED) is 0.901. The van der Waals surface area contributed by atoms with E-state index in [1.54, 1.807) is 18.5 Å². The molecule has 106 valence electrons. The smallest absolute Gasteiger partial charge is 0.228 e. The maximum absolute atomic E-state index is 12.7. The molecule has 0 aliphatic heterocycles. The molecule has 0 unspecified atom stereocenters. The molecule has 0 atom stereocenters. The van der Waals surface area contributed by atoms with Crippen molar-refractivity contribution >= 4 is 23.2 Å². The molecule has 4 aliphatic carbocycles. The summed E-state index contributed by atoms with van der Waals surface area (Å²) in [4.78, 5) is 16.7. The van der Waals surface area contributed by atoms with E-state index in [0.717, 1.165) is 11.8 Å². The summed E-state index contributed by atoms with van der Waals surface area (Å²) in [5, 5.41) is 3.57. The second-order valence-electron chi connectivity index (χ2n) is 6.80. The predicted octanol–water partition coefficient (Wildman–Crippen LogP) is 3.75. The van der Waals surface area contributed by atoms with E-state index in [1.807, 2.05) is 0 Å². The highest BCUT2D eigenvalue weighted by molar-refractivity contribution is 6.33. The zero-order valence-electron chi connectivity index (χ0n) is 11.4. The third kappa shape index (κ3) is 2.03.